The van der Waals surface area contributed by atoms with Crippen LogP contribution in [-0.4, -0.2) is 18.0 Å². The van der Waals surface area contributed by atoms with E-state index in [1.807, 2.05) is 13.8 Å². The molecule has 0 radical (unpaired) electrons. The molecule has 6 nitrogen and oxygen atoms in total. The van der Waals surface area contributed by atoms with Crippen molar-refractivity contribution in [2.75, 3.05) is 10.5 Å². The summed E-state index contributed by atoms with van der Waals surface area (Å²) in [6.07, 6.45) is 1.47. The normalized spacial score (nSPS) is 11.6. The van der Waals surface area contributed by atoms with Crippen LogP contribution in [0.1, 0.15) is 17.0 Å². The van der Waals surface area contributed by atoms with Crippen molar-refractivity contribution in [3.05, 3.63) is 35.3 Å². The van der Waals surface area contributed by atoms with E-state index in [9.17, 15) is 8.42 Å². The minimum absolute atomic E-state index is 0.0184. The second-order valence-electron chi connectivity index (χ2n) is 4.87. The first-order valence-electron chi connectivity index (χ1n) is 6.10. The SMILES string of the molecule is Cc1cc(N)c(NS(=O)(=O)c2cn(C)c(C)n2)cc1C. The van der Waals surface area contributed by atoms with Gasteiger partial charge < -0.3 is 10.3 Å². The van der Waals surface area contributed by atoms with Gasteiger partial charge in [-0.3, -0.25) is 4.72 Å². The fourth-order valence-corrected chi connectivity index (χ4v) is 2.90. The fourth-order valence-electron chi connectivity index (χ4n) is 1.78. The molecule has 0 atom stereocenters. The van der Waals surface area contributed by atoms with Gasteiger partial charge in [0.1, 0.15) is 5.82 Å². The molecule has 0 unspecified atom stereocenters. The summed E-state index contributed by atoms with van der Waals surface area (Å²) in [4.78, 5) is 4.02. The second-order valence-corrected chi connectivity index (χ2v) is 6.50. The van der Waals surface area contributed by atoms with Gasteiger partial charge >= 0.3 is 0 Å². The summed E-state index contributed by atoms with van der Waals surface area (Å²) < 4.78 is 28.7. The number of aryl methyl sites for hydroxylation is 4. The van der Waals surface area contributed by atoms with Crippen LogP contribution in [-0.2, 0) is 17.1 Å². The number of aromatic nitrogens is 2. The highest BCUT2D eigenvalue weighted by atomic mass is 32.2. The number of nitrogens with zero attached hydrogens (tertiary/aromatic N) is 2. The van der Waals surface area contributed by atoms with Gasteiger partial charge in [-0.1, -0.05) is 0 Å². The molecule has 0 spiro atoms. The third-order valence-electron chi connectivity index (χ3n) is 3.27. The summed E-state index contributed by atoms with van der Waals surface area (Å²) >= 11 is 0. The van der Waals surface area contributed by atoms with Gasteiger partial charge in [-0.2, -0.15) is 8.42 Å². The van der Waals surface area contributed by atoms with E-state index in [4.69, 9.17) is 5.73 Å². The molecule has 1 heterocycles. The van der Waals surface area contributed by atoms with Gasteiger partial charge in [0.05, 0.1) is 11.4 Å². The molecule has 0 bridgehead atoms. The van der Waals surface area contributed by atoms with Crippen molar-refractivity contribution >= 4 is 21.4 Å². The van der Waals surface area contributed by atoms with E-state index in [0.717, 1.165) is 11.1 Å². The topological polar surface area (TPSA) is 90.0 Å². The lowest BCUT2D eigenvalue weighted by molar-refractivity contribution is 0.598. The van der Waals surface area contributed by atoms with E-state index >= 15 is 0 Å². The van der Waals surface area contributed by atoms with Crippen LogP contribution in [0.25, 0.3) is 0 Å². The smallest absolute Gasteiger partial charge is 0.281 e. The molecule has 7 heteroatoms. The summed E-state index contributed by atoms with van der Waals surface area (Å²) in [5.74, 6) is 0.624. The molecule has 0 aliphatic carbocycles. The number of nitrogens with two attached hydrogens (primary N) is 1. The van der Waals surface area contributed by atoms with Gasteiger partial charge in [-0.05, 0) is 44.0 Å². The molecule has 2 aromatic rings. The van der Waals surface area contributed by atoms with Gasteiger partial charge in [0.25, 0.3) is 10.0 Å². The molecule has 0 amide bonds. The molecule has 1 aromatic heterocycles. The quantitative estimate of drug-likeness (QED) is 0.844. The molecule has 0 aliphatic rings. The first kappa shape index (κ1) is 14.4. The Labute approximate surface area is 118 Å². The zero-order chi connectivity index (χ0) is 15.1. The molecule has 1 aromatic carbocycles. The maximum atomic E-state index is 12.3. The molecule has 2 rings (SSSR count). The lowest BCUT2D eigenvalue weighted by atomic mass is 10.1. The Balaban J connectivity index is 2.40. The van der Waals surface area contributed by atoms with Gasteiger partial charge in [0.15, 0.2) is 5.03 Å². The van der Waals surface area contributed by atoms with Crippen molar-refractivity contribution < 1.29 is 8.42 Å². The van der Waals surface area contributed by atoms with Crippen LogP contribution in [0.4, 0.5) is 11.4 Å². The van der Waals surface area contributed by atoms with Crippen LogP contribution in [0.15, 0.2) is 23.4 Å². The average Bonchev–Trinajstić information content (AvgIpc) is 2.67. The number of sulfonamides is 1. The molecular formula is C13H18N4O2S. The van der Waals surface area contributed by atoms with E-state index in [1.54, 1.807) is 30.7 Å². The van der Waals surface area contributed by atoms with Crippen LogP contribution in [0.3, 0.4) is 0 Å². The number of imidazole rings is 1. The van der Waals surface area contributed by atoms with Crippen molar-refractivity contribution in [3.63, 3.8) is 0 Å². The Morgan fingerprint density at radius 1 is 1.20 bits per heavy atom. The van der Waals surface area contributed by atoms with Gasteiger partial charge in [0, 0.05) is 13.2 Å². The monoisotopic (exact) mass is 294 g/mol. The van der Waals surface area contributed by atoms with E-state index in [2.05, 4.69) is 9.71 Å². The minimum Gasteiger partial charge on any atom is -0.397 e. The molecular weight excluding hydrogens is 276 g/mol. The Morgan fingerprint density at radius 3 is 2.35 bits per heavy atom. The Hall–Kier alpha value is -2.02. The number of nitrogen functional groups attached to an aromatic ring is 1. The number of hydrogen-bond donors (Lipinski definition) is 2. The fraction of sp³-hybridized carbons (Fsp3) is 0.308. The number of nitrogens with one attached hydrogen (secondary N) is 1. The first-order chi connectivity index (χ1) is 9.20. The van der Waals surface area contributed by atoms with Gasteiger partial charge in [0.2, 0.25) is 0 Å². The van der Waals surface area contributed by atoms with Crippen LogP contribution in [0.2, 0.25) is 0 Å². The van der Waals surface area contributed by atoms with Crippen molar-refractivity contribution in [2.24, 2.45) is 7.05 Å². The lowest BCUT2D eigenvalue weighted by Crippen LogP contribution is -2.15. The second kappa shape index (κ2) is 4.82. The highest BCUT2D eigenvalue weighted by Crippen LogP contribution is 2.25. The number of hydrogen-bond acceptors (Lipinski definition) is 4. The average molecular weight is 294 g/mol. The molecule has 0 saturated carbocycles. The zero-order valence-electron chi connectivity index (χ0n) is 11.9. The van der Waals surface area contributed by atoms with Crippen molar-refractivity contribution in [1.29, 1.82) is 0 Å². The summed E-state index contributed by atoms with van der Waals surface area (Å²) in [7, 11) is -1.99. The van der Waals surface area contributed by atoms with Crippen molar-refractivity contribution in [1.82, 2.24) is 9.55 Å². The van der Waals surface area contributed by atoms with Gasteiger partial charge in [-0.15, -0.1) is 0 Å². The van der Waals surface area contributed by atoms with Gasteiger partial charge in [-0.25, -0.2) is 4.98 Å². The van der Waals surface area contributed by atoms with Crippen LogP contribution in [0, 0.1) is 20.8 Å². The summed E-state index contributed by atoms with van der Waals surface area (Å²) in [5.41, 5.74) is 8.60. The molecule has 20 heavy (non-hydrogen) atoms. The third-order valence-corrected chi connectivity index (χ3v) is 4.51. The van der Waals surface area contributed by atoms with Crippen molar-refractivity contribution in [3.8, 4) is 0 Å². The minimum atomic E-state index is -3.73. The Morgan fingerprint density at radius 2 is 1.80 bits per heavy atom. The zero-order valence-corrected chi connectivity index (χ0v) is 12.7. The van der Waals surface area contributed by atoms with Crippen molar-refractivity contribution in [2.45, 2.75) is 25.8 Å². The third kappa shape index (κ3) is 2.62. The molecule has 0 aliphatic heterocycles. The highest BCUT2D eigenvalue weighted by molar-refractivity contribution is 7.92. The molecule has 108 valence electrons. The first-order valence-corrected chi connectivity index (χ1v) is 7.58. The maximum absolute atomic E-state index is 12.3. The Bertz CT molecular complexity index is 743. The molecule has 3 N–H and O–H groups in total. The van der Waals surface area contributed by atoms with E-state index < -0.39 is 10.0 Å². The Kier molecular flexibility index (Phi) is 3.47. The largest absolute Gasteiger partial charge is 0.397 e. The van der Waals surface area contributed by atoms with E-state index in [-0.39, 0.29) is 5.03 Å². The molecule has 0 fully saturated rings. The summed E-state index contributed by atoms with van der Waals surface area (Å²) in [6.45, 7) is 5.56. The standard InChI is InChI=1S/C13H18N4O2S/c1-8-5-11(14)12(6-9(8)2)16-20(18,19)13-7-17(4)10(3)15-13/h5-7,16H,14H2,1-4H3. The predicted octanol–water partition coefficient (Wildman–Crippen LogP) is 1.73. The van der Waals surface area contributed by atoms with Crippen LogP contribution >= 0.6 is 0 Å². The number of anilines is 2. The number of rotatable bonds is 3. The lowest BCUT2D eigenvalue weighted by Gasteiger charge is -2.11. The highest BCUT2D eigenvalue weighted by Gasteiger charge is 2.19. The predicted molar refractivity (Wildman–Crippen MR) is 79.1 cm³/mol. The van der Waals surface area contributed by atoms with Crippen LogP contribution in [0.5, 0.6) is 0 Å². The summed E-state index contributed by atoms with van der Waals surface area (Å²) in [6, 6.07) is 3.47. The van der Waals surface area contributed by atoms with E-state index in [0.29, 0.717) is 17.2 Å². The summed E-state index contributed by atoms with van der Waals surface area (Å²) in [5, 5.41) is -0.0184. The van der Waals surface area contributed by atoms with E-state index in [1.165, 1.54) is 6.20 Å². The molecule has 0 saturated heterocycles. The number of benzene rings is 1. The maximum Gasteiger partial charge on any atom is 0.281 e. The van der Waals surface area contributed by atoms with Crippen LogP contribution < -0.4 is 10.5 Å².